The number of hydrogen-bond donors (Lipinski definition) is 2. The van der Waals surface area contributed by atoms with Crippen molar-refractivity contribution in [2.45, 2.75) is 26.3 Å². The first-order valence-electron chi connectivity index (χ1n) is 11.3. The lowest BCUT2D eigenvalue weighted by Gasteiger charge is -2.35. The fourth-order valence-electron chi connectivity index (χ4n) is 4.12. The van der Waals surface area contributed by atoms with E-state index in [2.05, 4.69) is 10.3 Å². The van der Waals surface area contributed by atoms with E-state index in [0.717, 1.165) is 4.57 Å². The maximum atomic E-state index is 13.1. The molecule has 1 aromatic heterocycles. The number of hydrogen-bond acceptors (Lipinski definition) is 5. The van der Waals surface area contributed by atoms with Gasteiger partial charge in [-0.1, -0.05) is 18.2 Å². The van der Waals surface area contributed by atoms with Crippen molar-refractivity contribution in [2.24, 2.45) is 0 Å². The highest BCUT2D eigenvalue weighted by Gasteiger charge is 2.25. The fraction of sp³-hybridized carbons (Fsp3) is 0.360. The number of fused-ring (bicyclic) bond motifs is 1. The molecule has 0 unspecified atom stereocenters. The van der Waals surface area contributed by atoms with Crippen molar-refractivity contribution < 1.29 is 9.59 Å². The summed E-state index contributed by atoms with van der Waals surface area (Å²) in [4.78, 5) is 57.3. The van der Waals surface area contributed by atoms with Gasteiger partial charge in [0, 0.05) is 37.3 Å². The van der Waals surface area contributed by atoms with Crippen molar-refractivity contribution in [3.05, 3.63) is 74.9 Å². The van der Waals surface area contributed by atoms with Gasteiger partial charge in [0.2, 0.25) is 5.91 Å². The first-order chi connectivity index (χ1) is 16.1. The predicted octanol–water partition coefficient (Wildman–Crippen LogP) is 1.35. The maximum absolute atomic E-state index is 13.1. The zero-order valence-electron chi connectivity index (χ0n) is 19.6. The van der Waals surface area contributed by atoms with Gasteiger partial charge in [-0.15, -0.1) is 0 Å². The molecule has 1 fully saturated rings. The number of carbonyl (C=O) groups is 2. The third-order valence-electron chi connectivity index (χ3n) is 5.70. The van der Waals surface area contributed by atoms with E-state index in [1.54, 1.807) is 47.4 Å². The van der Waals surface area contributed by atoms with Crippen LogP contribution in [-0.2, 0) is 4.79 Å². The second-order valence-corrected chi connectivity index (χ2v) is 9.53. The number of aromatic amines is 1. The van der Waals surface area contributed by atoms with E-state index in [1.165, 1.54) is 0 Å². The molecule has 3 aromatic rings. The van der Waals surface area contributed by atoms with Gasteiger partial charge in [-0.2, -0.15) is 0 Å². The fourth-order valence-corrected chi connectivity index (χ4v) is 4.12. The second kappa shape index (κ2) is 9.26. The Kier molecular flexibility index (Phi) is 6.39. The van der Waals surface area contributed by atoms with Crippen LogP contribution < -0.4 is 16.6 Å². The molecule has 2 aromatic carbocycles. The van der Waals surface area contributed by atoms with Crippen molar-refractivity contribution in [3.63, 3.8) is 0 Å². The lowest BCUT2D eigenvalue weighted by molar-refractivity contribution is -0.124. The summed E-state index contributed by atoms with van der Waals surface area (Å²) in [5, 5.41) is 3.28. The largest absolute Gasteiger partial charge is 0.350 e. The summed E-state index contributed by atoms with van der Waals surface area (Å²) >= 11 is 0. The quantitative estimate of drug-likeness (QED) is 0.607. The van der Waals surface area contributed by atoms with Gasteiger partial charge in [-0.25, -0.2) is 9.36 Å². The average molecular weight is 464 g/mol. The van der Waals surface area contributed by atoms with Crippen LogP contribution in [0.3, 0.4) is 0 Å². The number of carbonyl (C=O) groups excluding carboxylic acids is 2. The van der Waals surface area contributed by atoms with Crippen LogP contribution in [0, 0.1) is 0 Å². The van der Waals surface area contributed by atoms with Crippen LogP contribution >= 0.6 is 0 Å². The molecule has 0 aliphatic carbocycles. The van der Waals surface area contributed by atoms with Crippen molar-refractivity contribution in [1.29, 1.82) is 0 Å². The Hall–Kier alpha value is -3.72. The Morgan fingerprint density at radius 3 is 2.29 bits per heavy atom. The molecule has 2 N–H and O–H groups in total. The highest BCUT2D eigenvalue weighted by molar-refractivity contribution is 5.97. The van der Waals surface area contributed by atoms with Gasteiger partial charge in [0.05, 0.1) is 23.1 Å². The zero-order chi connectivity index (χ0) is 24.5. The van der Waals surface area contributed by atoms with Crippen molar-refractivity contribution in [3.8, 4) is 5.69 Å². The molecule has 34 heavy (non-hydrogen) atoms. The minimum atomic E-state index is -0.560. The highest BCUT2D eigenvalue weighted by Crippen LogP contribution is 2.14. The van der Waals surface area contributed by atoms with Crippen LogP contribution in [0.4, 0.5) is 0 Å². The van der Waals surface area contributed by atoms with Gasteiger partial charge in [0.1, 0.15) is 0 Å². The summed E-state index contributed by atoms with van der Waals surface area (Å²) in [6, 6.07) is 13.4. The molecule has 0 bridgehead atoms. The maximum Gasteiger partial charge on any atom is 0.333 e. The Balaban J connectivity index is 1.48. The van der Waals surface area contributed by atoms with Crippen LogP contribution in [0.5, 0.6) is 0 Å². The molecule has 178 valence electrons. The van der Waals surface area contributed by atoms with Gasteiger partial charge < -0.3 is 15.2 Å². The number of nitrogens with one attached hydrogen (secondary N) is 2. The minimum absolute atomic E-state index is 0.0353. The Morgan fingerprint density at radius 1 is 0.971 bits per heavy atom. The number of para-hydroxylation sites is 1. The number of nitrogens with zero attached hydrogens (tertiary/aromatic N) is 3. The standard InChI is InChI=1S/C25H29N5O4/c1-25(2,3)27-21(31)16-28-11-13-29(14-12-28)22(32)17-9-10-19-20(15-17)26-24(34)30(23(19)33)18-7-5-4-6-8-18/h4-10,15H,11-14,16H2,1-3H3,(H,26,34)(H,27,31). The smallest absolute Gasteiger partial charge is 0.333 e. The second-order valence-electron chi connectivity index (χ2n) is 9.53. The number of benzene rings is 2. The van der Waals surface area contributed by atoms with E-state index in [4.69, 9.17) is 0 Å². The molecule has 2 amide bonds. The third kappa shape index (κ3) is 5.09. The normalized spacial score (nSPS) is 14.9. The predicted molar refractivity (Wildman–Crippen MR) is 130 cm³/mol. The van der Waals surface area contributed by atoms with E-state index in [0.29, 0.717) is 54.9 Å². The van der Waals surface area contributed by atoms with Crippen LogP contribution in [0.1, 0.15) is 31.1 Å². The molecule has 0 atom stereocenters. The van der Waals surface area contributed by atoms with Crippen molar-refractivity contribution >= 4 is 22.7 Å². The van der Waals surface area contributed by atoms with Crippen LogP contribution in [0.2, 0.25) is 0 Å². The molecular weight excluding hydrogens is 434 g/mol. The lowest BCUT2D eigenvalue weighted by atomic mass is 10.1. The Morgan fingerprint density at radius 2 is 1.65 bits per heavy atom. The van der Waals surface area contributed by atoms with E-state index in [1.807, 2.05) is 31.7 Å². The first-order valence-corrected chi connectivity index (χ1v) is 11.3. The van der Waals surface area contributed by atoms with Gasteiger partial charge in [-0.05, 0) is 51.1 Å². The summed E-state index contributed by atoms with van der Waals surface area (Å²) in [6.45, 7) is 8.28. The number of amides is 2. The molecule has 1 aliphatic heterocycles. The number of aromatic nitrogens is 2. The summed E-state index contributed by atoms with van der Waals surface area (Å²) in [5.74, 6) is -0.208. The van der Waals surface area contributed by atoms with Gasteiger partial charge in [-0.3, -0.25) is 19.3 Å². The molecular formula is C25H29N5O4. The molecule has 4 rings (SSSR count). The Bertz CT molecular complexity index is 1330. The van der Waals surface area contributed by atoms with Gasteiger partial charge in [0.15, 0.2) is 0 Å². The van der Waals surface area contributed by atoms with Gasteiger partial charge in [0.25, 0.3) is 11.5 Å². The summed E-state index contributed by atoms with van der Waals surface area (Å²) in [7, 11) is 0. The zero-order valence-corrected chi connectivity index (χ0v) is 19.6. The summed E-state index contributed by atoms with van der Waals surface area (Å²) in [6.07, 6.45) is 0. The molecule has 9 nitrogen and oxygen atoms in total. The van der Waals surface area contributed by atoms with E-state index >= 15 is 0 Å². The van der Waals surface area contributed by atoms with E-state index in [9.17, 15) is 19.2 Å². The third-order valence-corrected chi connectivity index (χ3v) is 5.70. The minimum Gasteiger partial charge on any atom is -0.350 e. The first kappa shape index (κ1) is 23.4. The molecule has 1 aliphatic rings. The molecule has 9 heteroatoms. The highest BCUT2D eigenvalue weighted by atomic mass is 16.2. The molecule has 0 radical (unpaired) electrons. The van der Waals surface area contributed by atoms with Crippen LogP contribution in [-0.4, -0.2) is 69.4 Å². The molecule has 0 saturated carbocycles. The number of H-pyrrole nitrogens is 1. The summed E-state index contributed by atoms with van der Waals surface area (Å²) in [5.41, 5.74) is -0.0770. The summed E-state index contributed by atoms with van der Waals surface area (Å²) < 4.78 is 1.08. The van der Waals surface area contributed by atoms with Crippen LogP contribution in [0.25, 0.3) is 16.6 Å². The number of piperazine rings is 1. The average Bonchev–Trinajstić information content (AvgIpc) is 2.78. The van der Waals surface area contributed by atoms with E-state index < -0.39 is 11.2 Å². The lowest BCUT2D eigenvalue weighted by Crippen LogP contribution is -2.52. The van der Waals surface area contributed by atoms with Gasteiger partial charge >= 0.3 is 5.69 Å². The molecule has 1 saturated heterocycles. The molecule has 0 spiro atoms. The Labute approximate surface area is 197 Å². The van der Waals surface area contributed by atoms with Crippen LogP contribution in [0.15, 0.2) is 58.1 Å². The topological polar surface area (TPSA) is 108 Å². The van der Waals surface area contributed by atoms with Crippen molar-refractivity contribution in [1.82, 2.24) is 24.7 Å². The monoisotopic (exact) mass is 463 g/mol. The SMILES string of the molecule is CC(C)(C)NC(=O)CN1CCN(C(=O)c2ccc3c(=O)n(-c4ccccc4)c(=O)[nH]c3c2)CC1. The molecule has 2 heterocycles. The van der Waals surface area contributed by atoms with Crippen molar-refractivity contribution in [2.75, 3.05) is 32.7 Å². The van der Waals surface area contributed by atoms with E-state index in [-0.39, 0.29) is 17.4 Å². The number of rotatable bonds is 4.